The van der Waals surface area contributed by atoms with E-state index in [0.717, 1.165) is 4.31 Å². The van der Waals surface area contributed by atoms with Gasteiger partial charge in [0.2, 0.25) is 11.8 Å². The van der Waals surface area contributed by atoms with Gasteiger partial charge in [0.25, 0.3) is 10.0 Å². The van der Waals surface area contributed by atoms with Crippen molar-refractivity contribution in [3.8, 4) is 11.5 Å². The minimum Gasteiger partial charge on any atom is -0.497 e. The number of carbonyl (C=O) groups is 2. The molecule has 0 aliphatic carbocycles. The summed E-state index contributed by atoms with van der Waals surface area (Å²) in [7, 11) is -1.42. The number of para-hydroxylation sites is 2. The van der Waals surface area contributed by atoms with Crippen LogP contribution in [0.5, 0.6) is 11.5 Å². The highest BCUT2D eigenvalue weighted by molar-refractivity contribution is 7.92. The van der Waals surface area contributed by atoms with Gasteiger partial charge in [-0.1, -0.05) is 48.3 Å². The summed E-state index contributed by atoms with van der Waals surface area (Å²) in [5.74, 6) is -0.308. The van der Waals surface area contributed by atoms with Gasteiger partial charge in [0.1, 0.15) is 24.1 Å². The number of amides is 2. The molecular weight excluding hydrogens is 601 g/mol. The lowest BCUT2D eigenvalue weighted by molar-refractivity contribution is -0.140. The highest BCUT2D eigenvalue weighted by Crippen LogP contribution is 2.33. The van der Waals surface area contributed by atoms with Crippen molar-refractivity contribution in [1.29, 1.82) is 0 Å². The molecule has 0 aliphatic rings. The van der Waals surface area contributed by atoms with E-state index in [-0.39, 0.29) is 41.2 Å². The molecule has 9 nitrogen and oxygen atoms in total. The first-order valence-corrected chi connectivity index (χ1v) is 15.5. The van der Waals surface area contributed by atoms with Crippen LogP contribution in [-0.2, 0) is 26.2 Å². The Hall–Kier alpha value is -3.47. The van der Waals surface area contributed by atoms with Crippen molar-refractivity contribution >= 4 is 50.7 Å². The standard InChI is InChI=1S/C30H35Cl2N3O6S/c1-6-26(30(37)33-20(2)3)34(18-23-24(31)10-9-11-25(23)32)29(36)19-35(27-12-7-8-13-28(27)41-5)42(38,39)22-16-14-21(40-4)15-17-22/h7-17,20,26H,6,18-19H2,1-5H3,(H,33,37)/t26-/m1/s1. The number of hydrogen-bond acceptors (Lipinski definition) is 6. The molecule has 0 spiro atoms. The number of hydrogen-bond donors (Lipinski definition) is 1. The minimum atomic E-state index is -4.30. The van der Waals surface area contributed by atoms with Crippen LogP contribution in [0.4, 0.5) is 5.69 Å². The number of nitrogens with one attached hydrogen (secondary N) is 1. The number of nitrogens with zero attached hydrogens (tertiary/aromatic N) is 2. The van der Waals surface area contributed by atoms with Gasteiger partial charge in [-0.25, -0.2) is 8.42 Å². The molecule has 0 fully saturated rings. The molecule has 0 radical (unpaired) electrons. The number of benzene rings is 3. The minimum absolute atomic E-state index is 0.0627. The first-order chi connectivity index (χ1) is 19.9. The highest BCUT2D eigenvalue weighted by Gasteiger charge is 2.35. The molecule has 42 heavy (non-hydrogen) atoms. The Bertz CT molecular complexity index is 1480. The average Bonchev–Trinajstić information content (AvgIpc) is 2.96. The van der Waals surface area contributed by atoms with Gasteiger partial charge in [-0.05, 0) is 68.8 Å². The van der Waals surface area contributed by atoms with E-state index in [4.69, 9.17) is 32.7 Å². The van der Waals surface area contributed by atoms with Crippen molar-refractivity contribution in [2.45, 2.75) is 50.7 Å². The summed E-state index contributed by atoms with van der Waals surface area (Å²) in [5.41, 5.74) is 0.589. The summed E-state index contributed by atoms with van der Waals surface area (Å²) in [4.78, 5) is 28.8. The summed E-state index contributed by atoms with van der Waals surface area (Å²) < 4.78 is 39.8. The van der Waals surface area contributed by atoms with E-state index in [0.29, 0.717) is 21.4 Å². The topological polar surface area (TPSA) is 105 Å². The fourth-order valence-corrected chi connectivity index (χ4v) is 6.32. The second-order valence-corrected chi connectivity index (χ2v) is 12.3. The maximum atomic E-state index is 14.2. The maximum absolute atomic E-state index is 14.2. The zero-order chi connectivity index (χ0) is 31.0. The fourth-order valence-electron chi connectivity index (χ4n) is 4.38. The summed E-state index contributed by atoms with van der Waals surface area (Å²) in [6.45, 7) is 4.64. The average molecular weight is 637 g/mol. The lowest BCUT2D eigenvalue weighted by atomic mass is 10.1. The largest absolute Gasteiger partial charge is 0.497 e. The number of carbonyl (C=O) groups excluding carboxylic acids is 2. The van der Waals surface area contributed by atoms with Gasteiger partial charge < -0.3 is 19.7 Å². The molecule has 3 aromatic carbocycles. The molecule has 0 aliphatic heterocycles. The molecule has 12 heteroatoms. The van der Waals surface area contributed by atoms with Gasteiger partial charge in [0.05, 0.1) is 24.8 Å². The van der Waals surface area contributed by atoms with Crippen molar-refractivity contribution < 1.29 is 27.5 Å². The Morgan fingerprint density at radius 2 is 1.52 bits per heavy atom. The predicted molar refractivity (Wildman–Crippen MR) is 165 cm³/mol. The van der Waals surface area contributed by atoms with Crippen LogP contribution >= 0.6 is 23.2 Å². The van der Waals surface area contributed by atoms with Crippen molar-refractivity contribution in [2.24, 2.45) is 0 Å². The quantitative estimate of drug-likeness (QED) is 0.264. The molecule has 226 valence electrons. The Kier molecular flexibility index (Phi) is 11.5. The number of anilines is 1. The number of methoxy groups -OCH3 is 2. The third-order valence-electron chi connectivity index (χ3n) is 6.49. The van der Waals surface area contributed by atoms with Crippen LogP contribution in [0.15, 0.2) is 71.6 Å². The first-order valence-electron chi connectivity index (χ1n) is 13.3. The first kappa shape index (κ1) is 33.0. The Labute approximate surface area is 257 Å². The Morgan fingerprint density at radius 3 is 2.07 bits per heavy atom. The molecule has 3 rings (SSSR count). The molecule has 1 atom stereocenters. The molecule has 0 heterocycles. The number of halogens is 2. The van der Waals surface area contributed by atoms with E-state index in [2.05, 4.69) is 5.32 Å². The zero-order valence-electron chi connectivity index (χ0n) is 24.1. The predicted octanol–water partition coefficient (Wildman–Crippen LogP) is 5.54. The van der Waals surface area contributed by atoms with Crippen LogP contribution in [0, 0.1) is 0 Å². The van der Waals surface area contributed by atoms with E-state index in [1.54, 1.807) is 49.4 Å². The summed E-state index contributed by atoms with van der Waals surface area (Å²) in [6.07, 6.45) is 0.256. The van der Waals surface area contributed by atoms with E-state index in [9.17, 15) is 18.0 Å². The highest BCUT2D eigenvalue weighted by atomic mass is 35.5. The van der Waals surface area contributed by atoms with Crippen LogP contribution < -0.4 is 19.1 Å². The number of rotatable bonds is 13. The third kappa shape index (κ3) is 7.67. The van der Waals surface area contributed by atoms with E-state index in [1.807, 2.05) is 13.8 Å². The van der Waals surface area contributed by atoms with E-state index >= 15 is 0 Å². The second-order valence-electron chi connectivity index (χ2n) is 9.67. The van der Waals surface area contributed by atoms with Crippen molar-refractivity contribution in [1.82, 2.24) is 10.2 Å². The van der Waals surface area contributed by atoms with Gasteiger partial charge in [0, 0.05) is 28.2 Å². The monoisotopic (exact) mass is 635 g/mol. The van der Waals surface area contributed by atoms with Crippen LogP contribution in [0.1, 0.15) is 32.8 Å². The van der Waals surface area contributed by atoms with Gasteiger partial charge in [-0.2, -0.15) is 0 Å². The Morgan fingerprint density at radius 1 is 0.905 bits per heavy atom. The van der Waals surface area contributed by atoms with Gasteiger partial charge in [0.15, 0.2) is 0 Å². The molecule has 0 aromatic heterocycles. The van der Waals surface area contributed by atoms with Gasteiger partial charge in [-0.15, -0.1) is 0 Å². The van der Waals surface area contributed by atoms with E-state index < -0.39 is 28.5 Å². The van der Waals surface area contributed by atoms with Gasteiger partial charge in [-0.3, -0.25) is 13.9 Å². The normalized spacial score (nSPS) is 12.0. The SMILES string of the molecule is CC[C@H](C(=O)NC(C)C)N(Cc1c(Cl)cccc1Cl)C(=O)CN(c1ccccc1OC)S(=O)(=O)c1ccc(OC)cc1. The fraction of sp³-hybridized carbons (Fsp3) is 0.333. The number of ether oxygens (including phenoxy) is 2. The smallest absolute Gasteiger partial charge is 0.264 e. The molecular formula is C30H35Cl2N3O6S. The summed E-state index contributed by atoms with van der Waals surface area (Å²) in [5, 5.41) is 3.48. The van der Waals surface area contributed by atoms with Crippen LogP contribution in [0.3, 0.4) is 0 Å². The lowest BCUT2D eigenvalue weighted by Crippen LogP contribution is -2.53. The molecule has 1 N–H and O–H groups in total. The zero-order valence-corrected chi connectivity index (χ0v) is 26.5. The maximum Gasteiger partial charge on any atom is 0.264 e. The van der Waals surface area contributed by atoms with Crippen molar-refractivity contribution in [3.05, 3.63) is 82.3 Å². The molecule has 0 unspecified atom stereocenters. The van der Waals surface area contributed by atoms with Crippen molar-refractivity contribution in [2.75, 3.05) is 25.1 Å². The van der Waals surface area contributed by atoms with Crippen molar-refractivity contribution in [3.63, 3.8) is 0 Å². The molecule has 2 amide bonds. The molecule has 3 aromatic rings. The number of sulfonamides is 1. The molecule has 0 saturated carbocycles. The summed E-state index contributed by atoms with van der Waals surface area (Å²) in [6, 6.07) is 16.1. The second kappa shape index (κ2) is 14.6. The lowest BCUT2D eigenvalue weighted by Gasteiger charge is -2.34. The van der Waals surface area contributed by atoms with E-state index in [1.165, 1.54) is 43.4 Å². The van der Waals surface area contributed by atoms with Gasteiger partial charge >= 0.3 is 0 Å². The molecule has 0 saturated heterocycles. The Balaban J connectivity index is 2.14. The van der Waals surface area contributed by atoms with Crippen LogP contribution in [0.25, 0.3) is 0 Å². The third-order valence-corrected chi connectivity index (χ3v) is 8.97. The van der Waals surface area contributed by atoms with Crippen LogP contribution in [0.2, 0.25) is 10.0 Å². The molecule has 0 bridgehead atoms. The summed E-state index contributed by atoms with van der Waals surface area (Å²) >= 11 is 12.9. The van der Waals surface area contributed by atoms with Crippen LogP contribution in [-0.4, -0.2) is 58.0 Å².